The SMILES string of the molecule is C#Cc1cc(F)ccc1C=O.CCOc1cc(C#Cc2cc(F)ccc2C=O)ccc1OC.CCOc1cc(I)ccc1OC. The lowest BCUT2D eigenvalue weighted by molar-refractivity contribution is 0.111. The number of benzene rings is 4. The fourth-order valence-corrected chi connectivity index (χ4v) is 4.04. The molecule has 0 unspecified atom stereocenters. The van der Waals surface area contributed by atoms with Crippen LogP contribution in [0.1, 0.15) is 51.3 Å². The number of methoxy groups -OCH3 is 2. The molecule has 4 rings (SSSR count). The van der Waals surface area contributed by atoms with Crippen LogP contribution in [0.5, 0.6) is 23.0 Å². The standard InChI is InChI=1S/C18H15FO3.C9H5FO.C9H11IO2/c1-3-22-18-10-13(5-9-17(18)21-2)4-6-14-11-16(19)8-7-15(14)12-20;1-2-7-5-9(10)4-3-8(7)6-11;1-3-12-9-6-7(10)4-5-8(9)11-2/h5,7-12H,3H2,1-2H3;1,3-6H;4-6H,3H2,1-2H3. The summed E-state index contributed by atoms with van der Waals surface area (Å²) in [6.45, 7) is 5.00. The minimum atomic E-state index is -0.431. The van der Waals surface area contributed by atoms with Crippen molar-refractivity contribution in [3.8, 4) is 47.2 Å². The van der Waals surface area contributed by atoms with Crippen molar-refractivity contribution in [3.63, 3.8) is 0 Å². The first-order valence-electron chi connectivity index (χ1n) is 13.5. The normalized spacial score (nSPS) is 9.38. The fraction of sp³-hybridized carbons (Fsp3) is 0.167. The van der Waals surface area contributed by atoms with Crippen molar-refractivity contribution in [3.05, 3.63) is 116 Å². The zero-order valence-corrected chi connectivity index (χ0v) is 27.3. The number of hydrogen-bond acceptors (Lipinski definition) is 6. The van der Waals surface area contributed by atoms with Crippen LogP contribution >= 0.6 is 22.6 Å². The Morgan fingerprint density at radius 2 is 1.20 bits per heavy atom. The maximum absolute atomic E-state index is 13.3. The minimum absolute atomic E-state index is 0.292. The molecule has 4 aromatic carbocycles. The van der Waals surface area contributed by atoms with Crippen LogP contribution in [0.15, 0.2) is 72.8 Å². The molecule has 0 aliphatic heterocycles. The number of rotatable bonds is 8. The quantitative estimate of drug-likeness (QED) is 0.105. The van der Waals surface area contributed by atoms with E-state index in [2.05, 4.69) is 40.4 Å². The summed E-state index contributed by atoms with van der Waals surface area (Å²) in [5.74, 6) is 9.88. The summed E-state index contributed by atoms with van der Waals surface area (Å²) in [5.41, 5.74) is 2.02. The highest BCUT2D eigenvalue weighted by atomic mass is 127. The van der Waals surface area contributed by atoms with Gasteiger partial charge in [-0.3, -0.25) is 9.59 Å². The molecule has 0 atom stereocenters. The zero-order valence-electron chi connectivity index (χ0n) is 25.2. The Hall–Kier alpha value is -4.87. The van der Waals surface area contributed by atoms with Gasteiger partial charge < -0.3 is 18.9 Å². The monoisotopic (exact) mass is 724 g/mol. The van der Waals surface area contributed by atoms with Crippen molar-refractivity contribution >= 4 is 35.2 Å². The Morgan fingerprint density at radius 1 is 0.689 bits per heavy atom. The second-order valence-corrected chi connectivity index (χ2v) is 9.87. The summed E-state index contributed by atoms with van der Waals surface area (Å²) in [6, 6.07) is 18.7. The predicted molar refractivity (Wildman–Crippen MR) is 179 cm³/mol. The fourth-order valence-electron chi connectivity index (χ4n) is 3.58. The summed E-state index contributed by atoms with van der Waals surface area (Å²) in [4.78, 5) is 21.2. The van der Waals surface area contributed by atoms with Crippen LogP contribution in [0.25, 0.3) is 0 Å². The van der Waals surface area contributed by atoms with E-state index in [1.807, 2.05) is 32.0 Å². The van der Waals surface area contributed by atoms with Gasteiger partial charge in [0.1, 0.15) is 11.6 Å². The van der Waals surface area contributed by atoms with E-state index in [0.717, 1.165) is 21.1 Å². The maximum atomic E-state index is 13.3. The van der Waals surface area contributed by atoms with Gasteiger partial charge in [0.2, 0.25) is 0 Å². The van der Waals surface area contributed by atoms with E-state index in [1.54, 1.807) is 32.4 Å². The first-order chi connectivity index (χ1) is 21.7. The van der Waals surface area contributed by atoms with Gasteiger partial charge in [-0.25, -0.2) is 8.78 Å². The van der Waals surface area contributed by atoms with E-state index >= 15 is 0 Å². The largest absolute Gasteiger partial charge is 0.493 e. The molecule has 9 heteroatoms. The summed E-state index contributed by atoms with van der Waals surface area (Å²) >= 11 is 2.24. The van der Waals surface area contributed by atoms with Crippen LogP contribution in [0.3, 0.4) is 0 Å². The van der Waals surface area contributed by atoms with E-state index in [0.29, 0.717) is 65.1 Å². The molecule has 0 saturated heterocycles. The van der Waals surface area contributed by atoms with Crippen LogP contribution in [0, 0.1) is 39.4 Å². The third-order valence-corrected chi connectivity index (χ3v) is 6.34. The number of hydrogen-bond donors (Lipinski definition) is 0. The van der Waals surface area contributed by atoms with Gasteiger partial charge >= 0.3 is 0 Å². The molecule has 0 radical (unpaired) electrons. The van der Waals surface area contributed by atoms with Gasteiger partial charge in [-0.2, -0.15) is 0 Å². The summed E-state index contributed by atoms with van der Waals surface area (Å²) in [5, 5.41) is 0. The van der Waals surface area contributed by atoms with Crippen molar-refractivity contribution in [2.24, 2.45) is 0 Å². The molecule has 0 aliphatic rings. The van der Waals surface area contributed by atoms with E-state index < -0.39 is 11.6 Å². The van der Waals surface area contributed by atoms with Crippen LogP contribution in [0.2, 0.25) is 0 Å². The van der Waals surface area contributed by atoms with Gasteiger partial charge in [0.25, 0.3) is 0 Å². The lowest BCUT2D eigenvalue weighted by atomic mass is 10.1. The highest BCUT2D eigenvalue weighted by molar-refractivity contribution is 14.1. The molecule has 0 spiro atoms. The lowest BCUT2D eigenvalue weighted by Gasteiger charge is -2.08. The zero-order chi connectivity index (χ0) is 33.2. The summed E-state index contributed by atoms with van der Waals surface area (Å²) in [7, 11) is 3.21. The second kappa shape index (κ2) is 19.4. The maximum Gasteiger partial charge on any atom is 0.162 e. The molecule has 45 heavy (non-hydrogen) atoms. The molecule has 4 aromatic rings. The third-order valence-electron chi connectivity index (χ3n) is 5.67. The minimum Gasteiger partial charge on any atom is -0.493 e. The molecule has 0 N–H and O–H groups in total. The van der Waals surface area contributed by atoms with Gasteiger partial charge in [0, 0.05) is 31.4 Å². The Kier molecular flexibility index (Phi) is 15.7. The number of terminal acetylenes is 1. The number of carbonyl (C=O) groups is 2. The van der Waals surface area contributed by atoms with Crippen molar-refractivity contribution in [2.45, 2.75) is 13.8 Å². The number of halogens is 3. The smallest absolute Gasteiger partial charge is 0.162 e. The van der Waals surface area contributed by atoms with E-state index in [-0.39, 0.29) is 0 Å². The van der Waals surface area contributed by atoms with E-state index in [1.165, 1.54) is 30.3 Å². The van der Waals surface area contributed by atoms with E-state index in [9.17, 15) is 18.4 Å². The van der Waals surface area contributed by atoms with Crippen LogP contribution in [-0.4, -0.2) is 40.0 Å². The van der Waals surface area contributed by atoms with Gasteiger partial charge in [0.05, 0.1) is 27.4 Å². The molecule has 0 aromatic heterocycles. The van der Waals surface area contributed by atoms with E-state index in [4.69, 9.17) is 25.4 Å². The van der Waals surface area contributed by atoms with Crippen LogP contribution in [-0.2, 0) is 0 Å². The van der Waals surface area contributed by atoms with Crippen molar-refractivity contribution in [1.82, 2.24) is 0 Å². The molecular formula is C36H31F2IO6. The Morgan fingerprint density at radius 3 is 1.71 bits per heavy atom. The molecule has 6 nitrogen and oxygen atoms in total. The third kappa shape index (κ3) is 11.6. The van der Waals surface area contributed by atoms with Crippen LogP contribution in [0.4, 0.5) is 8.78 Å². The van der Waals surface area contributed by atoms with Gasteiger partial charge in [-0.1, -0.05) is 17.8 Å². The number of ether oxygens (including phenoxy) is 4. The average molecular weight is 725 g/mol. The molecule has 0 amide bonds. The Balaban J connectivity index is 0.000000259. The second-order valence-electron chi connectivity index (χ2n) is 8.62. The van der Waals surface area contributed by atoms with Crippen molar-refractivity contribution in [1.29, 1.82) is 0 Å². The highest BCUT2D eigenvalue weighted by Crippen LogP contribution is 2.29. The molecule has 0 heterocycles. The average Bonchev–Trinajstić information content (AvgIpc) is 3.05. The molecule has 0 fully saturated rings. The van der Waals surface area contributed by atoms with Gasteiger partial charge in [0.15, 0.2) is 35.6 Å². The molecule has 0 saturated carbocycles. The summed E-state index contributed by atoms with van der Waals surface area (Å²) in [6.07, 6.45) is 6.28. The molecule has 232 valence electrons. The number of carbonyl (C=O) groups excluding carboxylic acids is 2. The van der Waals surface area contributed by atoms with Gasteiger partial charge in [-0.15, -0.1) is 6.42 Å². The van der Waals surface area contributed by atoms with Crippen molar-refractivity contribution < 1.29 is 37.3 Å². The van der Waals surface area contributed by atoms with Crippen LogP contribution < -0.4 is 18.9 Å². The highest BCUT2D eigenvalue weighted by Gasteiger charge is 2.05. The summed E-state index contributed by atoms with van der Waals surface area (Å²) < 4.78 is 48.0. The molecular weight excluding hydrogens is 693 g/mol. The molecule has 0 bridgehead atoms. The lowest BCUT2D eigenvalue weighted by Crippen LogP contribution is -1.95. The Bertz CT molecular complexity index is 1700. The van der Waals surface area contributed by atoms with Gasteiger partial charge in [-0.05, 0) is 109 Å². The first-order valence-corrected chi connectivity index (χ1v) is 14.6. The predicted octanol–water partition coefficient (Wildman–Crippen LogP) is 7.76. The molecule has 0 aliphatic carbocycles. The topological polar surface area (TPSA) is 71.1 Å². The number of aldehydes is 2. The van der Waals surface area contributed by atoms with Crippen molar-refractivity contribution in [2.75, 3.05) is 27.4 Å². The Labute approximate surface area is 275 Å². The first kappa shape index (κ1) is 36.3.